The summed E-state index contributed by atoms with van der Waals surface area (Å²) in [6.07, 6.45) is 0. The zero-order valence-electron chi connectivity index (χ0n) is 14.7. The normalized spacial score (nSPS) is 16.9. The van der Waals surface area contributed by atoms with Gasteiger partial charge in [-0.3, -0.25) is 14.6 Å². The van der Waals surface area contributed by atoms with Crippen LogP contribution in [0.25, 0.3) is 11.5 Å². The second kappa shape index (κ2) is 7.05. The van der Waals surface area contributed by atoms with Gasteiger partial charge < -0.3 is 4.52 Å². The molecule has 1 aliphatic heterocycles. The van der Waals surface area contributed by atoms with Gasteiger partial charge in [0, 0.05) is 5.69 Å². The fourth-order valence-electron chi connectivity index (χ4n) is 3.01. The number of carbonyl (C=O) groups excluding carboxylic acids is 2. The maximum atomic E-state index is 13.2. The number of imide groups is 1. The number of hydrogen-bond donors (Lipinski definition) is 0. The third-order valence-electron chi connectivity index (χ3n) is 4.42. The fourth-order valence-corrected chi connectivity index (χ4v) is 3.23. The molecule has 0 saturated carbocycles. The molecule has 0 N–H and O–H groups in total. The van der Waals surface area contributed by atoms with Crippen LogP contribution in [0.1, 0.15) is 12.7 Å². The summed E-state index contributed by atoms with van der Waals surface area (Å²) < 4.78 is 18.4. The summed E-state index contributed by atoms with van der Waals surface area (Å²) in [7, 11) is 0. The lowest BCUT2D eigenvalue weighted by molar-refractivity contribution is -0.127. The van der Waals surface area contributed by atoms with Crippen LogP contribution in [0.4, 0.5) is 14.9 Å². The van der Waals surface area contributed by atoms with Gasteiger partial charge in [0.05, 0.1) is 17.1 Å². The summed E-state index contributed by atoms with van der Waals surface area (Å²) in [6, 6.07) is 11.1. The van der Waals surface area contributed by atoms with Gasteiger partial charge >= 0.3 is 6.03 Å². The molecule has 0 spiro atoms. The second-order valence-corrected chi connectivity index (χ2v) is 6.63. The fraction of sp³-hybridized carbons (Fsp3) is 0.158. The number of nitrogens with zero attached hydrogens (tertiary/aromatic N) is 4. The van der Waals surface area contributed by atoms with E-state index in [-0.39, 0.29) is 18.3 Å². The highest BCUT2D eigenvalue weighted by atomic mass is 35.5. The van der Waals surface area contributed by atoms with Crippen LogP contribution in [0, 0.1) is 5.82 Å². The van der Waals surface area contributed by atoms with Crippen molar-refractivity contribution in [3.05, 3.63) is 65.2 Å². The number of halogens is 2. The van der Waals surface area contributed by atoms with Gasteiger partial charge in [-0.25, -0.2) is 9.18 Å². The summed E-state index contributed by atoms with van der Waals surface area (Å²) in [4.78, 5) is 31.9. The maximum absolute atomic E-state index is 13.2. The van der Waals surface area contributed by atoms with Gasteiger partial charge in [0.2, 0.25) is 0 Å². The number of aromatic nitrogens is 2. The number of rotatable bonds is 4. The highest BCUT2D eigenvalue weighted by molar-refractivity contribution is 6.33. The smallest absolute Gasteiger partial charge is 0.332 e. The molecular weight excluding hydrogens is 387 g/mol. The SMILES string of the molecule is CC1C(=O)N(Cc2noc(-c3ccccc3Cl)n2)C(=O)N1c1ccc(F)cc1. The van der Waals surface area contributed by atoms with Crippen molar-refractivity contribution in [3.8, 4) is 11.5 Å². The van der Waals surface area contributed by atoms with E-state index in [0.29, 0.717) is 16.3 Å². The van der Waals surface area contributed by atoms with Crippen molar-refractivity contribution in [2.24, 2.45) is 0 Å². The minimum atomic E-state index is -0.729. The molecule has 1 aromatic heterocycles. The van der Waals surface area contributed by atoms with Crippen molar-refractivity contribution in [2.45, 2.75) is 19.5 Å². The average Bonchev–Trinajstić information content (AvgIpc) is 3.23. The Bertz CT molecular complexity index is 1050. The zero-order chi connectivity index (χ0) is 19.8. The van der Waals surface area contributed by atoms with Crippen molar-refractivity contribution < 1.29 is 18.5 Å². The Morgan fingerprint density at radius 2 is 1.86 bits per heavy atom. The minimum Gasteiger partial charge on any atom is -0.334 e. The number of amides is 3. The highest BCUT2D eigenvalue weighted by Crippen LogP contribution is 2.28. The summed E-state index contributed by atoms with van der Waals surface area (Å²) >= 11 is 6.12. The lowest BCUT2D eigenvalue weighted by Gasteiger charge is -2.19. The molecule has 1 atom stereocenters. The van der Waals surface area contributed by atoms with Gasteiger partial charge in [-0.15, -0.1) is 0 Å². The van der Waals surface area contributed by atoms with Gasteiger partial charge in [-0.1, -0.05) is 28.9 Å². The molecule has 0 aliphatic carbocycles. The van der Waals surface area contributed by atoms with Gasteiger partial charge in [0.15, 0.2) is 5.82 Å². The van der Waals surface area contributed by atoms with Crippen LogP contribution in [0.3, 0.4) is 0 Å². The molecule has 1 aliphatic rings. The molecule has 1 unspecified atom stereocenters. The highest BCUT2D eigenvalue weighted by Gasteiger charge is 2.43. The number of hydrogen-bond acceptors (Lipinski definition) is 5. The molecule has 0 bridgehead atoms. The zero-order valence-corrected chi connectivity index (χ0v) is 15.4. The topological polar surface area (TPSA) is 79.5 Å². The Labute approximate surface area is 164 Å². The molecule has 142 valence electrons. The van der Waals surface area contributed by atoms with Crippen molar-refractivity contribution in [2.75, 3.05) is 4.90 Å². The van der Waals surface area contributed by atoms with Crippen molar-refractivity contribution >= 4 is 29.2 Å². The van der Waals surface area contributed by atoms with Crippen molar-refractivity contribution in [1.29, 1.82) is 0 Å². The Hall–Kier alpha value is -3.26. The largest absolute Gasteiger partial charge is 0.334 e. The predicted octanol–water partition coefficient (Wildman–Crippen LogP) is 3.89. The van der Waals surface area contributed by atoms with Crippen LogP contribution in [-0.2, 0) is 11.3 Å². The molecule has 1 fully saturated rings. The summed E-state index contributed by atoms with van der Waals surface area (Å²) in [6.45, 7) is 1.46. The summed E-state index contributed by atoms with van der Waals surface area (Å²) in [5.41, 5.74) is 0.989. The first-order valence-corrected chi connectivity index (χ1v) is 8.81. The molecule has 3 aromatic rings. The van der Waals surface area contributed by atoms with E-state index >= 15 is 0 Å². The van der Waals surface area contributed by atoms with Gasteiger partial charge in [0.1, 0.15) is 11.9 Å². The van der Waals surface area contributed by atoms with E-state index in [0.717, 1.165) is 4.90 Å². The number of benzene rings is 2. The van der Waals surface area contributed by atoms with Gasteiger partial charge in [-0.05, 0) is 43.3 Å². The third kappa shape index (κ3) is 3.11. The van der Waals surface area contributed by atoms with Crippen LogP contribution >= 0.6 is 11.6 Å². The van der Waals surface area contributed by atoms with Crippen LogP contribution in [0.15, 0.2) is 53.1 Å². The second-order valence-electron chi connectivity index (χ2n) is 6.22. The van der Waals surface area contributed by atoms with Crippen molar-refractivity contribution in [1.82, 2.24) is 15.0 Å². The quantitative estimate of drug-likeness (QED) is 0.621. The van der Waals surface area contributed by atoms with E-state index in [9.17, 15) is 14.0 Å². The molecule has 9 heteroatoms. The van der Waals surface area contributed by atoms with Crippen LogP contribution in [-0.4, -0.2) is 33.0 Å². The van der Waals surface area contributed by atoms with Crippen LogP contribution in [0.5, 0.6) is 0 Å². The van der Waals surface area contributed by atoms with E-state index in [1.165, 1.54) is 29.2 Å². The first-order chi connectivity index (χ1) is 13.5. The van der Waals surface area contributed by atoms with Crippen molar-refractivity contribution in [3.63, 3.8) is 0 Å². The molecule has 2 aromatic carbocycles. The molecule has 28 heavy (non-hydrogen) atoms. The van der Waals surface area contributed by atoms with E-state index < -0.39 is 23.8 Å². The first-order valence-electron chi connectivity index (χ1n) is 8.43. The average molecular weight is 401 g/mol. The number of urea groups is 1. The van der Waals surface area contributed by atoms with E-state index in [2.05, 4.69) is 10.1 Å². The van der Waals surface area contributed by atoms with Gasteiger partial charge in [-0.2, -0.15) is 4.98 Å². The summed E-state index contributed by atoms with van der Waals surface area (Å²) in [5.74, 6) is -0.462. The molecular formula is C19H14ClFN4O3. The van der Waals surface area contributed by atoms with E-state index in [4.69, 9.17) is 16.1 Å². The first kappa shape index (κ1) is 18.1. The standard InChI is InChI=1S/C19H14ClFN4O3/c1-11-18(26)24(19(27)25(11)13-8-6-12(21)7-9-13)10-16-22-17(28-23-16)14-4-2-3-5-15(14)20/h2-9,11H,10H2,1H3. The van der Waals surface area contributed by atoms with E-state index in [1.807, 2.05) is 0 Å². The third-order valence-corrected chi connectivity index (χ3v) is 4.75. The molecule has 0 radical (unpaired) electrons. The Kier molecular flexibility index (Phi) is 4.56. The van der Waals surface area contributed by atoms with Crippen LogP contribution in [0.2, 0.25) is 5.02 Å². The lowest BCUT2D eigenvalue weighted by Crippen LogP contribution is -2.33. The Morgan fingerprint density at radius 1 is 1.14 bits per heavy atom. The minimum absolute atomic E-state index is 0.145. The Balaban J connectivity index is 1.57. The van der Waals surface area contributed by atoms with Crippen LogP contribution < -0.4 is 4.90 Å². The molecule has 1 saturated heterocycles. The number of anilines is 1. The summed E-state index contributed by atoms with van der Waals surface area (Å²) in [5, 5.41) is 4.29. The molecule has 2 heterocycles. The van der Waals surface area contributed by atoms with E-state index in [1.54, 1.807) is 31.2 Å². The molecule has 4 rings (SSSR count). The van der Waals surface area contributed by atoms with Gasteiger partial charge in [0.25, 0.3) is 11.8 Å². The Morgan fingerprint density at radius 3 is 2.57 bits per heavy atom. The molecule has 7 nitrogen and oxygen atoms in total. The predicted molar refractivity (Wildman–Crippen MR) is 99.0 cm³/mol. The molecule has 3 amide bonds. The maximum Gasteiger partial charge on any atom is 0.332 e. The lowest BCUT2D eigenvalue weighted by atomic mass is 10.2. The monoisotopic (exact) mass is 400 g/mol. The number of carbonyl (C=O) groups is 2.